The van der Waals surface area contributed by atoms with Crippen LogP contribution in [0, 0.1) is 0 Å². The molecule has 1 aliphatic rings. The Labute approximate surface area is 263 Å². The Balaban J connectivity index is 1.99. The minimum Gasteiger partial charge on any atom is -0.491 e. The van der Waals surface area contributed by atoms with E-state index < -0.39 is 8.32 Å². The second kappa shape index (κ2) is 14.3. The van der Waals surface area contributed by atoms with Crippen LogP contribution in [0.5, 0.6) is 11.6 Å². The van der Waals surface area contributed by atoms with Gasteiger partial charge < -0.3 is 19.2 Å². The van der Waals surface area contributed by atoms with E-state index in [1.54, 1.807) is 11.0 Å². The lowest BCUT2D eigenvalue weighted by Crippen LogP contribution is -2.45. The molecule has 1 saturated carbocycles. The normalized spacial score (nSPS) is 15.3. The van der Waals surface area contributed by atoms with Gasteiger partial charge in [-0.3, -0.25) is 4.79 Å². The highest BCUT2D eigenvalue weighted by molar-refractivity contribution is 6.74. The van der Waals surface area contributed by atoms with Crippen molar-refractivity contribution in [2.24, 2.45) is 0 Å². The summed E-state index contributed by atoms with van der Waals surface area (Å²) < 4.78 is 12.3. The van der Waals surface area contributed by atoms with Crippen molar-refractivity contribution in [3.05, 3.63) is 45.3 Å². The molecule has 0 unspecified atom stereocenters. The van der Waals surface area contributed by atoms with Crippen LogP contribution in [0.3, 0.4) is 0 Å². The third kappa shape index (κ3) is 8.19. The van der Waals surface area contributed by atoms with Gasteiger partial charge in [0.1, 0.15) is 5.82 Å². The number of halogens is 2. The molecule has 1 amide bonds. The molecule has 1 heterocycles. The Hall–Kier alpha value is -1.87. The first-order valence-corrected chi connectivity index (χ1v) is 18.9. The minimum atomic E-state index is -1.99. The van der Waals surface area contributed by atoms with Gasteiger partial charge >= 0.3 is 0 Å². The number of benzene rings is 1. The monoisotopic (exact) mass is 637 g/mol. The van der Waals surface area contributed by atoms with Crippen molar-refractivity contribution in [1.29, 1.82) is 0 Å². The number of aromatic nitrogens is 2. The van der Waals surface area contributed by atoms with Crippen LogP contribution in [0.25, 0.3) is 0 Å². The SMILES string of the molecule is CCCCOc1c(O)nc(CC2(c3cc(Cl)ccc3Cl)CCCC2)nc1C(=O)N(CCO[Si](C)(C)C(C)(C)C)C(C)C. The van der Waals surface area contributed by atoms with E-state index in [1.165, 1.54) is 0 Å². The van der Waals surface area contributed by atoms with E-state index in [4.69, 9.17) is 37.3 Å². The van der Waals surface area contributed by atoms with Gasteiger partial charge in [-0.15, -0.1) is 0 Å². The van der Waals surface area contributed by atoms with Gasteiger partial charge in [0.15, 0.2) is 14.0 Å². The summed E-state index contributed by atoms with van der Waals surface area (Å²) in [7, 11) is -1.99. The Morgan fingerprint density at radius 1 is 1.14 bits per heavy atom. The van der Waals surface area contributed by atoms with Crippen molar-refractivity contribution < 1.29 is 19.1 Å². The molecule has 1 aromatic heterocycles. The summed E-state index contributed by atoms with van der Waals surface area (Å²) in [5.41, 5.74) is 0.702. The maximum Gasteiger partial charge on any atom is 0.276 e. The van der Waals surface area contributed by atoms with Crippen LogP contribution in [-0.2, 0) is 16.3 Å². The van der Waals surface area contributed by atoms with Gasteiger partial charge in [-0.2, -0.15) is 4.98 Å². The summed E-state index contributed by atoms with van der Waals surface area (Å²) >= 11 is 13.1. The van der Waals surface area contributed by atoms with Crippen molar-refractivity contribution in [3.63, 3.8) is 0 Å². The molecule has 0 radical (unpaired) electrons. The number of hydrogen-bond donors (Lipinski definition) is 1. The molecule has 42 heavy (non-hydrogen) atoms. The molecule has 0 spiro atoms. The molecule has 1 aliphatic carbocycles. The summed E-state index contributed by atoms with van der Waals surface area (Å²) in [6, 6.07) is 5.42. The topological polar surface area (TPSA) is 84.8 Å². The van der Waals surface area contributed by atoms with Gasteiger partial charge in [-0.05, 0) is 75.0 Å². The van der Waals surface area contributed by atoms with Crippen molar-refractivity contribution in [2.45, 2.75) is 116 Å². The van der Waals surface area contributed by atoms with E-state index in [2.05, 4.69) is 45.8 Å². The maximum absolute atomic E-state index is 14.1. The molecule has 1 fully saturated rings. The quantitative estimate of drug-likeness (QED) is 0.175. The average molecular weight is 639 g/mol. The number of ether oxygens (including phenoxy) is 1. The van der Waals surface area contributed by atoms with Crippen molar-refractivity contribution >= 4 is 37.4 Å². The zero-order valence-corrected chi connectivity index (χ0v) is 29.2. The summed E-state index contributed by atoms with van der Waals surface area (Å²) in [6.07, 6.45) is 5.96. The Morgan fingerprint density at radius 3 is 2.40 bits per heavy atom. The fraction of sp³-hybridized carbons (Fsp3) is 0.656. The zero-order chi connectivity index (χ0) is 31.3. The fourth-order valence-electron chi connectivity index (χ4n) is 5.30. The average Bonchev–Trinajstić information content (AvgIpc) is 3.37. The standard InChI is InChI=1S/C32H49Cl2N3O4Si/c1-9-10-18-40-28-27(30(39)37(22(2)3)17-19-41-42(7,8)31(4,5)6)35-26(36-29(28)38)21-32(15-11-12-16-32)24-20-23(33)13-14-25(24)34/h13-14,20,22H,9-12,15-19,21H2,1-8H3,(H,35,36,38). The molecule has 7 nitrogen and oxygen atoms in total. The number of aromatic hydroxyl groups is 1. The van der Waals surface area contributed by atoms with Gasteiger partial charge in [0.05, 0.1) is 13.2 Å². The molecule has 1 aromatic carbocycles. The van der Waals surface area contributed by atoms with Gasteiger partial charge in [0, 0.05) is 34.5 Å². The number of hydrogen-bond acceptors (Lipinski definition) is 6. The third-order valence-electron chi connectivity index (χ3n) is 8.88. The summed E-state index contributed by atoms with van der Waals surface area (Å²) in [4.78, 5) is 25.1. The minimum absolute atomic E-state index is 0.0365. The Morgan fingerprint density at radius 2 is 1.81 bits per heavy atom. The van der Waals surface area contributed by atoms with E-state index in [9.17, 15) is 9.90 Å². The predicted octanol–water partition coefficient (Wildman–Crippen LogP) is 8.59. The lowest BCUT2D eigenvalue weighted by Gasteiger charge is -2.37. The highest BCUT2D eigenvalue weighted by atomic mass is 35.5. The van der Waals surface area contributed by atoms with Gasteiger partial charge in [0.25, 0.3) is 11.8 Å². The lowest BCUT2D eigenvalue weighted by atomic mass is 9.76. The third-order valence-corrected chi connectivity index (χ3v) is 14.0. The second-order valence-electron chi connectivity index (χ2n) is 13.3. The largest absolute Gasteiger partial charge is 0.491 e. The molecule has 0 bridgehead atoms. The molecule has 1 N–H and O–H groups in total. The van der Waals surface area contributed by atoms with E-state index in [1.807, 2.05) is 26.0 Å². The molecular weight excluding hydrogens is 589 g/mol. The van der Waals surface area contributed by atoms with Crippen molar-refractivity contribution in [3.8, 4) is 11.6 Å². The van der Waals surface area contributed by atoms with Gasteiger partial charge in [-0.25, -0.2) is 4.98 Å². The smallest absolute Gasteiger partial charge is 0.276 e. The van der Waals surface area contributed by atoms with E-state index >= 15 is 0 Å². The number of amides is 1. The molecular formula is C32H49Cl2N3O4Si. The summed E-state index contributed by atoms with van der Waals surface area (Å²) in [6.45, 7) is 18.2. The van der Waals surface area contributed by atoms with Gasteiger partial charge in [0.2, 0.25) is 5.75 Å². The predicted molar refractivity (Wildman–Crippen MR) is 174 cm³/mol. The number of unbranched alkanes of at least 4 members (excludes halogenated alkanes) is 1. The molecule has 2 aromatic rings. The number of rotatable bonds is 13. The van der Waals surface area contributed by atoms with Crippen LogP contribution in [0.2, 0.25) is 28.2 Å². The number of carbonyl (C=O) groups is 1. The summed E-state index contributed by atoms with van der Waals surface area (Å²) in [5, 5.41) is 12.5. The molecule has 10 heteroatoms. The zero-order valence-electron chi connectivity index (χ0n) is 26.6. The van der Waals surface area contributed by atoms with Crippen LogP contribution in [0.1, 0.15) is 102 Å². The highest BCUT2D eigenvalue weighted by Gasteiger charge is 2.40. The first-order chi connectivity index (χ1) is 19.6. The van der Waals surface area contributed by atoms with E-state index in [0.717, 1.165) is 44.1 Å². The molecule has 234 valence electrons. The first-order valence-electron chi connectivity index (χ1n) is 15.2. The molecule has 0 aliphatic heterocycles. The Kier molecular flexibility index (Phi) is 11.8. The van der Waals surface area contributed by atoms with Crippen LogP contribution < -0.4 is 4.74 Å². The lowest BCUT2D eigenvalue weighted by molar-refractivity contribution is 0.0656. The maximum atomic E-state index is 14.1. The Bertz CT molecular complexity index is 1230. The molecule has 0 saturated heterocycles. The first kappa shape index (κ1) is 34.6. The van der Waals surface area contributed by atoms with Crippen LogP contribution in [-0.4, -0.2) is 60.0 Å². The van der Waals surface area contributed by atoms with Crippen LogP contribution in [0.15, 0.2) is 18.2 Å². The van der Waals surface area contributed by atoms with Crippen LogP contribution >= 0.6 is 23.2 Å². The van der Waals surface area contributed by atoms with E-state index in [0.29, 0.717) is 42.0 Å². The van der Waals surface area contributed by atoms with E-state index in [-0.39, 0.29) is 39.7 Å². The number of carbonyl (C=O) groups excluding carboxylic acids is 1. The highest BCUT2D eigenvalue weighted by Crippen LogP contribution is 2.47. The fourth-order valence-corrected chi connectivity index (χ4v) is 6.83. The second-order valence-corrected chi connectivity index (χ2v) is 19.0. The number of nitrogens with zero attached hydrogens (tertiary/aromatic N) is 3. The van der Waals surface area contributed by atoms with Crippen LogP contribution in [0.4, 0.5) is 0 Å². The summed E-state index contributed by atoms with van der Waals surface area (Å²) in [5.74, 6) is -0.200. The molecule has 0 atom stereocenters. The van der Waals surface area contributed by atoms with Crippen molar-refractivity contribution in [2.75, 3.05) is 19.8 Å². The molecule has 3 rings (SSSR count). The van der Waals surface area contributed by atoms with Gasteiger partial charge in [-0.1, -0.05) is 70.2 Å². The van der Waals surface area contributed by atoms with Crippen molar-refractivity contribution in [1.82, 2.24) is 14.9 Å².